The molecule has 0 radical (unpaired) electrons. The quantitative estimate of drug-likeness (QED) is 0.718. The SMILES string of the molecule is COc1ccc(-c2cn3c(C)cc(C)nc3n2)cc1F. The first-order valence-corrected chi connectivity index (χ1v) is 6.26. The van der Waals surface area contributed by atoms with Gasteiger partial charge in [0.15, 0.2) is 11.6 Å². The van der Waals surface area contributed by atoms with E-state index in [1.165, 1.54) is 13.2 Å². The van der Waals surface area contributed by atoms with E-state index >= 15 is 0 Å². The van der Waals surface area contributed by atoms with Gasteiger partial charge in [0.1, 0.15) is 0 Å². The van der Waals surface area contributed by atoms with E-state index < -0.39 is 5.82 Å². The first-order valence-electron chi connectivity index (χ1n) is 6.26. The molecule has 0 aliphatic carbocycles. The normalized spacial score (nSPS) is 11.0. The van der Waals surface area contributed by atoms with Crippen molar-refractivity contribution in [3.8, 4) is 17.0 Å². The van der Waals surface area contributed by atoms with Crippen LogP contribution in [0.1, 0.15) is 11.4 Å². The summed E-state index contributed by atoms with van der Waals surface area (Å²) >= 11 is 0. The zero-order valence-electron chi connectivity index (χ0n) is 11.5. The van der Waals surface area contributed by atoms with E-state index in [-0.39, 0.29) is 5.75 Å². The summed E-state index contributed by atoms with van der Waals surface area (Å²) in [4.78, 5) is 8.82. The number of benzene rings is 1. The molecular weight excluding hydrogens is 257 g/mol. The minimum atomic E-state index is -0.400. The fraction of sp³-hybridized carbons (Fsp3) is 0.200. The maximum atomic E-state index is 13.8. The molecule has 0 N–H and O–H groups in total. The molecule has 2 heterocycles. The zero-order valence-corrected chi connectivity index (χ0v) is 11.5. The van der Waals surface area contributed by atoms with Crippen molar-refractivity contribution in [3.05, 3.63) is 47.7 Å². The van der Waals surface area contributed by atoms with E-state index in [2.05, 4.69) is 9.97 Å². The van der Waals surface area contributed by atoms with Crippen LogP contribution in [0.2, 0.25) is 0 Å². The van der Waals surface area contributed by atoms with Gasteiger partial charge in [-0.2, -0.15) is 0 Å². The molecule has 20 heavy (non-hydrogen) atoms. The summed E-state index contributed by atoms with van der Waals surface area (Å²) in [6.07, 6.45) is 1.86. The number of hydrogen-bond donors (Lipinski definition) is 0. The Bertz CT molecular complexity index is 795. The molecule has 0 saturated carbocycles. The highest BCUT2D eigenvalue weighted by molar-refractivity contribution is 5.62. The first kappa shape index (κ1) is 12.6. The second-order valence-corrected chi connectivity index (χ2v) is 4.68. The van der Waals surface area contributed by atoms with Crippen molar-refractivity contribution in [1.29, 1.82) is 0 Å². The number of nitrogens with zero attached hydrogens (tertiary/aromatic N) is 3. The third-order valence-electron chi connectivity index (χ3n) is 3.21. The van der Waals surface area contributed by atoms with Crippen LogP contribution in [0.4, 0.5) is 4.39 Å². The summed E-state index contributed by atoms with van der Waals surface area (Å²) in [6, 6.07) is 6.78. The van der Waals surface area contributed by atoms with E-state index in [9.17, 15) is 4.39 Å². The highest BCUT2D eigenvalue weighted by Gasteiger charge is 2.10. The molecule has 0 aliphatic rings. The van der Waals surface area contributed by atoms with Crippen molar-refractivity contribution in [2.24, 2.45) is 0 Å². The van der Waals surface area contributed by atoms with E-state index in [0.717, 1.165) is 11.4 Å². The molecule has 1 aromatic carbocycles. The molecule has 5 heteroatoms. The van der Waals surface area contributed by atoms with Crippen molar-refractivity contribution in [1.82, 2.24) is 14.4 Å². The number of fused-ring (bicyclic) bond motifs is 1. The number of aryl methyl sites for hydroxylation is 2. The zero-order chi connectivity index (χ0) is 14.3. The lowest BCUT2D eigenvalue weighted by atomic mass is 10.1. The molecule has 4 nitrogen and oxygen atoms in total. The summed E-state index contributed by atoms with van der Waals surface area (Å²) in [5, 5.41) is 0. The lowest BCUT2D eigenvalue weighted by molar-refractivity contribution is 0.386. The van der Waals surface area contributed by atoms with E-state index in [0.29, 0.717) is 17.0 Å². The van der Waals surface area contributed by atoms with Gasteiger partial charge in [-0.3, -0.25) is 4.40 Å². The van der Waals surface area contributed by atoms with E-state index in [4.69, 9.17) is 4.74 Å². The first-order chi connectivity index (χ1) is 9.58. The Labute approximate surface area is 115 Å². The molecule has 102 valence electrons. The fourth-order valence-corrected chi connectivity index (χ4v) is 2.24. The summed E-state index contributed by atoms with van der Waals surface area (Å²) in [6.45, 7) is 3.91. The minimum absolute atomic E-state index is 0.225. The van der Waals surface area contributed by atoms with Crippen LogP contribution in [0.15, 0.2) is 30.5 Å². The Balaban J connectivity index is 2.15. The number of ether oxygens (including phenoxy) is 1. The van der Waals surface area contributed by atoms with Gasteiger partial charge in [-0.25, -0.2) is 14.4 Å². The molecule has 0 fully saturated rings. The largest absolute Gasteiger partial charge is 0.494 e. The molecule has 3 rings (SSSR count). The van der Waals surface area contributed by atoms with Crippen LogP contribution in [0, 0.1) is 19.7 Å². The van der Waals surface area contributed by atoms with Crippen LogP contribution in [-0.4, -0.2) is 21.5 Å². The van der Waals surface area contributed by atoms with Crippen LogP contribution in [0.3, 0.4) is 0 Å². The molecule has 0 amide bonds. The molecule has 0 bridgehead atoms. The van der Waals surface area contributed by atoms with Crippen LogP contribution >= 0.6 is 0 Å². The van der Waals surface area contributed by atoms with Gasteiger partial charge < -0.3 is 4.74 Å². The van der Waals surface area contributed by atoms with E-state index in [1.807, 2.05) is 30.5 Å². The lowest BCUT2D eigenvalue weighted by Crippen LogP contribution is -1.94. The van der Waals surface area contributed by atoms with Gasteiger partial charge in [-0.15, -0.1) is 0 Å². The van der Waals surface area contributed by atoms with Crippen molar-refractivity contribution in [3.63, 3.8) is 0 Å². The van der Waals surface area contributed by atoms with Crippen molar-refractivity contribution < 1.29 is 9.13 Å². The number of halogens is 1. The van der Waals surface area contributed by atoms with Gasteiger partial charge in [0.2, 0.25) is 5.78 Å². The summed E-state index contributed by atoms with van der Waals surface area (Å²) < 4.78 is 20.6. The Morgan fingerprint density at radius 3 is 2.65 bits per heavy atom. The van der Waals surface area contributed by atoms with Crippen molar-refractivity contribution in [2.75, 3.05) is 7.11 Å². The molecule has 0 atom stereocenters. The predicted molar refractivity (Wildman–Crippen MR) is 74.4 cm³/mol. The lowest BCUT2D eigenvalue weighted by Gasteiger charge is -2.02. The predicted octanol–water partition coefficient (Wildman–Crippen LogP) is 3.16. The molecule has 0 saturated heterocycles. The van der Waals surface area contributed by atoms with Crippen molar-refractivity contribution in [2.45, 2.75) is 13.8 Å². The number of hydrogen-bond acceptors (Lipinski definition) is 3. The maximum absolute atomic E-state index is 13.8. The van der Waals surface area contributed by atoms with Gasteiger partial charge in [-0.05, 0) is 38.1 Å². The maximum Gasteiger partial charge on any atom is 0.234 e. The summed E-state index contributed by atoms with van der Waals surface area (Å²) in [5.74, 6) is 0.444. The van der Waals surface area contributed by atoms with E-state index in [1.54, 1.807) is 12.1 Å². The monoisotopic (exact) mass is 271 g/mol. The minimum Gasteiger partial charge on any atom is -0.494 e. The topological polar surface area (TPSA) is 39.4 Å². The summed E-state index contributed by atoms with van der Waals surface area (Å²) in [5.41, 5.74) is 3.34. The number of rotatable bonds is 2. The van der Waals surface area contributed by atoms with Gasteiger partial charge in [-0.1, -0.05) is 0 Å². The van der Waals surface area contributed by atoms with Crippen molar-refractivity contribution >= 4 is 5.78 Å². The average molecular weight is 271 g/mol. The second-order valence-electron chi connectivity index (χ2n) is 4.68. The molecule has 2 aromatic heterocycles. The fourth-order valence-electron chi connectivity index (χ4n) is 2.24. The van der Waals surface area contributed by atoms with Gasteiger partial charge >= 0.3 is 0 Å². The van der Waals surface area contributed by atoms with Crippen LogP contribution in [0.5, 0.6) is 5.75 Å². The van der Waals surface area contributed by atoms with Crippen LogP contribution in [0.25, 0.3) is 17.0 Å². The Kier molecular flexibility index (Phi) is 2.89. The Hall–Kier alpha value is -2.43. The third kappa shape index (κ3) is 2.01. The van der Waals surface area contributed by atoms with Gasteiger partial charge in [0.25, 0.3) is 0 Å². The van der Waals surface area contributed by atoms with Gasteiger partial charge in [0.05, 0.1) is 12.8 Å². The Morgan fingerprint density at radius 1 is 1.15 bits per heavy atom. The highest BCUT2D eigenvalue weighted by atomic mass is 19.1. The highest BCUT2D eigenvalue weighted by Crippen LogP contribution is 2.25. The molecule has 0 spiro atoms. The molecule has 3 aromatic rings. The van der Waals surface area contributed by atoms with Gasteiger partial charge in [0, 0.05) is 23.1 Å². The summed E-state index contributed by atoms with van der Waals surface area (Å²) in [7, 11) is 1.44. The van der Waals surface area contributed by atoms with Crippen LogP contribution < -0.4 is 4.74 Å². The smallest absolute Gasteiger partial charge is 0.234 e. The third-order valence-corrected chi connectivity index (χ3v) is 3.21. The molecular formula is C15H14FN3O. The molecule has 0 aliphatic heterocycles. The number of aromatic nitrogens is 3. The average Bonchev–Trinajstić information content (AvgIpc) is 2.82. The molecule has 0 unspecified atom stereocenters. The second kappa shape index (κ2) is 4.59. The number of imidazole rings is 1. The van der Waals surface area contributed by atoms with Crippen LogP contribution in [-0.2, 0) is 0 Å². The standard InChI is InChI=1S/C15H14FN3O/c1-9-6-10(2)19-8-13(18-15(19)17-9)11-4-5-14(20-3)12(16)7-11/h4-8H,1-3H3. The Morgan fingerprint density at radius 2 is 1.95 bits per heavy atom. The number of methoxy groups -OCH3 is 1.